The third-order valence-electron chi connectivity index (χ3n) is 4.24. The Balaban J connectivity index is 1.72. The van der Waals surface area contributed by atoms with Crippen LogP contribution in [0.4, 0.5) is 0 Å². The van der Waals surface area contributed by atoms with Crippen molar-refractivity contribution in [3.05, 3.63) is 34.2 Å². The van der Waals surface area contributed by atoms with Gasteiger partial charge in [-0.2, -0.15) is 11.8 Å². The molecule has 4 nitrogen and oxygen atoms in total. The Morgan fingerprint density at radius 2 is 2.10 bits per heavy atom. The molecule has 1 aromatic heterocycles. The van der Waals surface area contributed by atoms with Crippen LogP contribution >= 0.6 is 11.8 Å². The van der Waals surface area contributed by atoms with Gasteiger partial charge in [-0.15, -0.1) is 0 Å². The van der Waals surface area contributed by atoms with E-state index in [9.17, 15) is 4.79 Å². The average molecular weight is 291 g/mol. The summed E-state index contributed by atoms with van der Waals surface area (Å²) in [5.41, 5.74) is 2.83. The van der Waals surface area contributed by atoms with E-state index < -0.39 is 0 Å². The molecule has 0 amide bonds. The van der Waals surface area contributed by atoms with E-state index in [1.54, 1.807) is 0 Å². The number of hydrogen-bond acceptors (Lipinski definition) is 3. The maximum Gasteiger partial charge on any atom is 0.323 e. The molecule has 3 N–H and O–H groups in total. The standard InChI is InChI=1S/C15H21N3OS/c1-9(16-11-4-5-12(8-11)20-2)10-3-6-13-14(7-10)18-15(19)17-13/h3,6-7,9,11-12,16H,4-5,8H2,1-2H3,(H2,17,18,19). The minimum atomic E-state index is -0.142. The number of aromatic amines is 2. The van der Waals surface area contributed by atoms with Crippen molar-refractivity contribution in [3.8, 4) is 0 Å². The van der Waals surface area contributed by atoms with Gasteiger partial charge in [-0.05, 0) is 50.1 Å². The molecule has 5 heteroatoms. The second-order valence-corrected chi connectivity index (χ2v) is 6.78. The van der Waals surface area contributed by atoms with E-state index in [0.717, 1.165) is 16.3 Å². The van der Waals surface area contributed by atoms with Crippen LogP contribution < -0.4 is 11.0 Å². The highest BCUT2D eigenvalue weighted by atomic mass is 32.2. The summed E-state index contributed by atoms with van der Waals surface area (Å²) in [5.74, 6) is 0. The highest BCUT2D eigenvalue weighted by molar-refractivity contribution is 7.99. The Morgan fingerprint density at radius 1 is 1.30 bits per heavy atom. The highest BCUT2D eigenvalue weighted by Gasteiger charge is 2.25. The first-order chi connectivity index (χ1) is 9.65. The van der Waals surface area contributed by atoms with Crippen molar-refractivity contribution in [2.45, 2.75) is 43.5 Å². The number of imidazole rings is 1. The van der Waals surface area contributed by atoms with Crippen molar-refractivity contribution in [1.82, 2.24) is 15.3 Å². The molecule has 3 unspecified atom stereocenters. The summed E-state index contributed by atoms with van der Waals surface area (Å²) in [4.78, 5) is 16.9. The molecule has 1 aliphatic carbocycles. The summed E-state index contributed by atoms with van der Waals surface area (Å²) >= 11 is 1.98. The molecule has 1 saturated carbocycles. The number of H-pyrrole nitrogens is 2. The van der Waals surface area contributed by atoms with E-state index in [0.29, 0.717) is 12.1 Å². The van der Waals surface area contributed by atoms with E-state index >= 15 is 0 Å². The third kappa shape index (κ3) is 2.79. The first kappa shape index (κ1) is 13.8. The number of nitrogens with one attached hydrogen (secondary N) is 3. The van der Waals surface area contributed by atoms with E-state index in [-0.39, 0.29) is 5.69 Å². The van der Waals surface area contributed by atoms with Crippen molar-refractivity contribution in [1.29, 1.82) is 0 Å². The minimum absolute atomic E-state index is 0.142. The minimum Gasteiger partial charge on any atom is -0.307 e. The van der Waals surface area contributed by atoms with Crippen molar-refractivity contribution >= 4 is 22.8 Å². The lowest BCUT2D eigenvalue weighted by molar-refractivity contribution is 0.462. The lowest BCUT2D eigenvalue weighted by Gasteiger charge is -2.20. The number of fused-ring (bicyclic) bond motifs is 1. The molecule has 2 aromatic rings. The van der Waals surface area contributed by atoms with Gasteiger partial charge in [0.2, 0.25) is 0 Å². The van der Waals surface area contributed by atoms with Gasteiger partial charge in [0.1, 0.15) is 0 Å². The second-order valence-electron chi connectivity index (χ2n) is 5.64. The molecule has 1 fully saturated rings. The van der Waals surface area contributed by atoms with Gasteiger partial charge < -0.3 is 15.3 Å². The predicted molar refractivity (Wildman–Crippen MR) is 85.4 cm³/mol. The Labute approximate surface area is 122 Å². The summed E-state index contributed by atoms with van der Waals surface area (Å²) in [6.07, 6.45) is 6.04. The topological polar surface area (TPSA) is 60.7 Å². The normalized spacial score (nSPS) is 24.3. The quantitative estimate of drug-likeness (QED) is 0.812. The van der Waals surface area contributed by atoms with Crippen LogP contribution in [-0.4, -0.2) is 27.5 Å². The summed E-state index contributed by atoms with van der Waals surface area (Å²) < 4.78 is 0. The lowest BCUT2D eigenvalue weighted by Crippen LogP contribution is -2.29. The van der Waals surface area contributed by atoms with Gasteiger partial charge >= 0.3 is 5.69 Å². The van der Waals surface area contributed by atoms with Gasteiger partial charge in [0, 0.05) is 17.3 Å². The molecule has 0 saturated heterocycles. The van der Waals surface area contributed by atoms with Crippen molar-refractivity contribution < 1.29 is 0 Å². The van der Waals surface area contributed by atoms with E-state index in [2.05, 4.69) is 40.6 Å². The molecule has 0 aliphatic heterocycles. The first-order valence-electron chi connectivity index (χ1n) is 7.16. The molecule has 1 aromatic carbocycles. The third-order valence-corrected chi connectivity index (χ3v) is 5.34. The summed E-state index contributed by atoms with van der Waals surface area (Å²) in [5, 5.41) is 4.52. The molecule has 3 rings (SSSR count). The molecular weight excluding hydrogens is 270 g/mol. The van der Waals surface area contributed by atoms with Crippen LogP contribution in [0.5, 0.6) is 0 Å². The molecule has 3 atom stereocenters. The zero-order chi connectivity index (χ0) is 14.1. The Bertz CT molecular complexity index is 648. The smallest absolute Gasteiger partial charge is 0.307 e. The fourth-order valence-electron chi connectivity index (χ4n) is 3.07. The van der Waals surface area contributed by atoms with Gasteiger partial charge in [0.15, 0.2) is 0 Å². The molecule has 0 spiro atoms. The van der Waals surface area contributed by atoms with Crippen molar-refractivity contribution in [2.24, 2.45) is 0 Å². The number of aromatic nitrogens is 2. The second kappa shape index (κ2) is 5.66. The fourth-order valence-corrected chi connectivity index (χ4v) is 3.87. The van der Waals surface area contributed by atoms with E-state index in [4.69, 9.17) is 0 Å². The van der Waals surface area contributed by atoms with Gasteiger partial charge in [0.05, 0.1) is 11.0 Å². The van der Waals surface area contributed by atoms with Crippen molar-refractivity contribution in [2.75, 3.05) is 6.26 Å². The van der Waals surface area contributed by atoms with Crippen LogP contribution in [0.2, 0.25) is 0 Å². The number of hydrogen-bond donors (Lipinski definition) is 3. The number of benzene rings is 1. The maximum absolute atomic E-state index is 11.3. The van der Waals surface area contributed by atoms with Gasteiger partial charge in [-0.3, -0.25) is 0 Å². The zero-order valence-electron chi connectivity index (χ0n) is 11.9. The molecule has 1 aliphatic rings. The number of rotatable bonds is 4. The molecule has 108 valence electrons. The first-order valence-corrected chi connectivity index (χ1v) is 8.45. The highest BCUT2D eigenvalue weighted by Crippen LogP contribution is 2.30. The van der Waals surface area contributed by atoms with Crippen LogP contribution in [0, 0.1) is 0 Å². The Kier molecular flexibility index (Phi) is 3.89. The Morgan fingerprint density at radius 3 is 2.85 bits per heavy atom. The predicted octanol–water partition coefficient (Wildman–Crippen LogP) is 2.79. The zero-order valence-corrected chi connectivity index (χ0v) is 12.7. The molecular formula is C15H21N3OS. The van der Waals surface area contributed by atoms with Crippen molar-refractivity contribution in [3.63, 3.8) is 0 Å². The average Bonchev–Trinajstić information content (AvgIpc) is 3.02. The molecule has 0 bridgehead atoms. The van der Waals surface area contributed by atoms with Gasteiger partial charge in [0.25, 0.3) is 0 Å². The SMILES string of the molecule is CSC1CCC(NC(C)c2ccc3[nH]c(=O)[nH]c3c2)C1. The van der Waals surface area contributed by atoms with Crippen LogP contribution in [-0.2, 0) is 0 Å². The van der Waals surface area contributed by atoms with Crippen LogP contribution in [0.15, 0.2) is 23.0 Å². The summed E-state index contributed by atoms with van der Waals surface area (Å²) in [6, 6.07) is 7.04. The van der Waals surface area contributed by atoms with Crippen LogP contribution in [0.1, 0.15) is 37.8 Å². The summed E-state index contributed by atoms with van der Waals surface area (Å²) in [6.45, 7) is 2.19. The molecule has 1 heterocycles. The summed E-state index contributed by atoms with van der Waals surface area (Å²) in [7, 11) is 0. The van der Waals surface area contributed by atoms with Gasteiger partial charge in [-0.25, -0.2) is 4.79 Å². The molecule has 0 radical (unpaired) electrons. The number of thioether (sulfide) groups is 1. The van der Waals surface area contributed by atoms with Gasteiger partial charge in [-0.1, -0.05) is 6.07 Å². The fraction of sp³-hybridized carbons (Fsp3) is 0.533. The lowest BCUT2D eigenvalue weighted by atomic mass is 10.1. The monoisotopic (exact) mass is 291 g/mol. The van der Waals surface area contributed by atoms with Crippen LogP contribution in [0.3, 0.4) is 0 Å². The Hall–Kier alpha value is -1.20. The van der Waals surface area contributed by atoms with Crippen LogP contribution in [0.25, 0.3) is 11.0 Å². The van der Waals surface area contributed by atoms with E-state index in [1.165, 1.54) is 24.8 Å². The van der Waals surface area contributed by atoms with E-state index in [1.807, 2.05) is 17.8 Å². The maximum atomic E-state index is 11.3. The largest absolute Gasteiger partial charge is 0.323 e. The molecule has 20 heavy (non-hydrogen) atoms.